The van der Waals surface area contributed by atoms with Gasteiger partial charge >= 0.3 is 0 Å². The van der Waals surface area contributed by atoms with E-state index in [1.165, 1.54) is 0 Å². The summed E-state index contributed by atoms with van der Waals surface area (Å²) in [6.07, 6.45) is -23.5. The Morgan fingerprint density at radius 3 is 1.00 bits per heavy atom. The lowest BCUT2D eigenvalue weighted by Crippen LogP contribution is -2.59. The smallest absolute Gasteiger partial charge is 0.265 e. The van der Waals surface area contributed by atoms with Crippen molar-refractivity contribution in [3.8, 4) is 0 Å². The first-order valence-electron chi connectivity index (χ1n) is 29.9. The number of aliphatic hydroxyl groups excluding tert-OH is 9. The molecule has 18 unspecified atom stereocenters. The molecule has 0 bridgehead atoms. The fourth-order valence-corrected chi connectivity index (χ4v) is 9.31. The van der Waals surface area contributed by atoms with Crippen LogP contribution in [-0.2, 0) is 118 Å². The Balaban J connectivity index is 1.30. The van der Waals surface area contributed by atoms with E-state index in [0.29, 0.717) is 0 Å². The van der Waals surface area contributed by atoms with Gasteiger partial charge in [0.25, 0.3) is 15.6 Å². The van der Waals surface area contributed by atoms with Crippen LogP contribution in [0.25, 0.3) is 0 Å². The Morgan fingerprint density at radius 2 is 0.705 bits per heavy atom. The van der Waals surface area contributed by atoms with Crippen LogP contribution < -0.4 is 31.0 Å². The molecule has 3 saturated heterocycles. The van der Waals surface area contributed by atoms with Crippen molar-refractivity contribution in [2.45, 2.75) is 118 Å². The molecule has 3 rings (SSSR count). The van der Waals surface area contributed by atoms with E-state index in [1.807, 2.05) is 0 Å². The number of phosphoric acid groups is 2. The van der Waals surface area contributed by atoms with Crippen LogP contribution in [0.5, 0.6) is 0 Å². The highest BCUT2D eigenvalue weighted by Crippen LogP contribution is 2.34. The van der Waals surface area contributed by atoms with Crippen molar-refractivity contribution >= 4 is 42.4 Å². The zero-order valence-corrected chi connectivity index (χ0v) is 54.9. The summed E-state index contributed by atoms with van der Waals surface area (Å²) in [6.45, 7) is 1.29. The van der Waals surface area contributed by atoms with Crippen molar-refractivity contribution in [3.63, 3.8) is 0 Å². The minimum atomic E-state index is -5.16. The molecule has 0 aromatic heterocycles. The molecular formula is C50H93N3O39P3-3. The van der Waals surface area contributed by atoms with Crippen LogP contribution in [0.1, 0.15) is 26.2 Å². The monoisotopic (exact) mass is 1450 g/mol. The maximum absolute atomic E-state index is 12.6. The Bertz CT molecular complexity index is 2040. The number of hydrogen-bond acceptors (Lipinski definition) is 37. The van der Waals surface area contributed by atoms with Gasteiger partial charge in [0, 0.05) is 44.3 Å². The lowest BCUT2D eigenvalue weighted by molar-refractivity contribution is -0.779. The Morgan fingerprint density at radius 1 is 0.421 bits per heavy atom. The van der Waals surface area contributed by atoms with E-state index in [9.17, 15) is 84.5 Å². The number of rotatable bonds is 56. The Labute approximate surface area is 547 Å². The highest BCUT2D eigenvalue weighted by molar-refractivity contribution is 7.45. The van der Waals surface area contributed by atoms with Crippen molar-refractivity contribution in [2.75, 3.05) is 178 Å². The largest absolute Gasteiger partial charge is 0.756 e. The molecule has 95 heavy (non-hydrogen) atoms. The first-order valence-corrected chi connectivity index (χ1v) is 33.7. The highest BCUT2D eigenvalue weighted by Gasteiger charge is 2.47. The molecule has 0 radical (unpaired) electrons. The average molecular weight is 1450 g/mol. The second kappa shape index (κ2) is 49.5. The number of hydrogen-bond donors (Lipinski definition) is 14. The topological polar surface area (TPSA) is 598 Å². The minimum Gasteiger partial charge on any atom is -0.756 e. The molecule has 3 heterocycles. The van der Waals surface area contributed by atoms with E-state index in [1.54, 1.807) is 6.92 Å². The van der Waals surface area contributed by atoms with Crippen LogP contribution in [0.4, 0.5) is 0 Å². The average Bonchev–Trinajstić information content (AvgIpc) is 0.953. The maximum atomic E-state index is 12.6. The lowest BCUT2D eigenvalue weighted by atomic mass is 9.94. The summed E-state index contributed by atoms with van der Waals surface area (Å²) in [5, 5.41) is 112. The number of amides is 3. The summed E-state index contributed by atoms with van der Waals surface area (Å²) >= 11 is 0. The molecule has 3 fully saturated rings. The summed E-state index contributed by atoms with van der Waals surface area (Å²) < 4.78 is 122. The lowest BCUT2D eigenvalue weighted by Gasteiger charge is -2.40. The first-order chi connectivity index (χ1) is 45.3. The Kier molecular flexibility index (Phi) is 45.4. The van der Waals surface area contributed by atoms with Gasteiger partial charge in [-0.05, 0) is 0 Å². The van der Waals surface area contributed by atoms with E-state index in [2.05, 4.69) is 34.7 Å². The van der Waals surface area contributed by atoms with Gasteiger partial charge in [0.2, 0.25) is 17.7 Å². The van der Waals surface area contributed by atoms with Gasteiger partial charge in [-0.25, -0.2) is 0 Å². The van der Waals surface area contributed by atoms with Gasteiger partial charge in [0.1, 0.15) is 73.2 Å². The van der Waals surface area contributed by atoms with Gasteiger partial charge in [-0.2, -0.15) is 4.67 Å². The minimum absolute atomic E-state index is 0.00865. The Hall–Kier alpha value is -2.06. The molecule has 0 aromatic rings. The third kappa shape index (κ3) is 38.5. The number of aliphatic hydroxyl groups is 9. The predicted octanol–water partition coefficient (Wildman–Crippen LogP) is -10.2. The van der Waals surface area contributed by atoms with Crippen LogP contribution in [0, 0.1) is 5.41 Å². The van der Waals surface area contributed by atoms with Crippen LogP contribution in [0.2, 0.25) is 0 Å². The third-order valence-corrected chi connectivity index (χ3v) is 14.7. The summed E-state index contributed by atoms with van der Waals surface area (Å²) in [7, 11) is -11.1. The van der Waals surface area contributed by atoms with Crippen LogP contribution in [0.3, 0.4) is 0 Å². The molecule has 0 aliphatic carbocycles. The van der Waals surface area contributed by atoms with Gasteiger partial charge in [-0.3, -0.25) is 28.6 Å². The second-order valence-electron chi connectivity index (χ2n) is 21.2. The zero-order chi connectivity index (χ0) is 70.1. The highest BCUT2D eigenvalue weighted by atomic mass is 31.2. The molecule has 3 aliphatic heterocycles. The fraction of sp³-hybridized carbons (Fsp3) is 0.940. The standard InChI is InChI=1S/C50H96N3O39P3/c1-50(29-79-8-2-35(54)51-5-11-73-14-17-76-20-23-82-47-44(63)41(60)38(57)32(88-47)26-85-93-92-91-66,30-80-9-3-36(55)52-6-12-74-15-18-77-21-24-83-48-45(64)42(61)39(58)33(89-48)27-86-94(67,68)69)31-81-10-4-37(56)53-7-13-75-16-19-78-22-25-84-49-46(65)43(62)40(59)34(90-49)28-87-95(70,71)72/h32-34,38-49,57-66,93H,2-31H2,1H3,(H,51,54)(H,52,55)(H,53,56)(H2,67,68,69)(H2,70,71,72)/p-3. The van der Waals surface area contributed by atoms with E-state index in [0.717, 1.165) is 0 Å². The van der Waals surface area contributed by atoms with E-state index >= 15 is 0 Å². The summed E-state index contributed by atoms with van der Waals surface area (Å²) in [5.74, 6) is -0.997. The number of phosphoric ester groups is 2. The quantitative estimate of drug-likeness (QED) is 0.0116. The van der Waals surface area contributed by atoms with Crippen molar-refractivity contribution in [2.24, 2.45) is 5.41 Å². The molecule has 18 atom stereocenters. The number of carbonyl (C=O) groups excluding carboxylic acids is 3. The van der Waals surface area contributed by atoms with Gasteiger partial charge in [0.05, 0.1) is 159 Å². The van der Waals surface area contributed by atoms with Crippen molar-refractivity contribution in [3.05, 3.63) is 0 Å². The molecule has 0 spiro atoms. The zero-order valence-electron chi connectivity index (χ0n) is 52.1. The number of carbonyl (C=O) groups is 3. The molecule has 0 aromatic carbocycles. The van der Waals surface area contributed by atoms with Crippen molar-refractivity contribution in [1.29, 1.82) is 0 Å². The van der Waals surface area contributed by atoms with Crippen molar-refractivity contribution < 1.29 is 189 Å². The summed E-state index contributed by atoms with van der Waals surface area (Å²) in [4.78, 5) is 77.1. The predicted molar refractivity (Wildman–Crippen MR) is 304 cm³/mol. The fourth-order valence-electron chi connectivity index (χ4n) is 8.33. The van der Waals surface area contributed by atoms with Crippen molar-refractivity contribution in [1.82, 2.24) is 16.0 Å². The van der Waals surface area contributed by atoms with Gasteiger partial charge in [0.15, 0.2) is 27.9 Å². The van der Waals surface area contributed by atoms with E-state index in [-0.39, 0.29) is 202 Å². The second-order valence-corrected chi connectivity index (χ2v) is 24.2. The SMILES string of the molecule is CC(COCCC(=O)NCCOCCOCCOC1OC(COPOO[O-])C(O)C(O)C1O)(COCCC(=O)NCCOCCOCCOC1OC(COP(=O)([O-])O)C(O)C(O)C1O)COCCC(=O)NCCOCCOCCOC1OC(COP(=O)([O-])O)C(O)C(O)C1O. The van der Waals surface area contributed by atoms with Gasteiger partial charge < -0.3 is 171 Å². The maximum Gasteiger partial charge on any atom is 0.265 e. The molecule has 0 saturated carbocycles. The number of nitrogens with one attached hydrogen (secondary N) is 3. The molecule has 45 heteroatoms. The molecule has 42 nitrogen and oxygen atoms in total. The molecule has 14 N–H and O–H groups in total. The molecule has 3 amide bonds. The van der Waals surface area contributed by atoms with Gasteiger partial charge in [-0.1, -0.05) is 6.92 Å². The van der Waals surface area contributed by atoms with E-state index in [4.69, 9.17) is 85.4 Å². The normalized spacial score (nSPS) is 28.4. The molecular weight excluding hydrogens is 1360 g/mol. The summed E-state index contributed by atoms with van der Waals surface area (Å²) in [6, 6.07) is 0. The first kappa shape index (κ1) is 87.2. The van der Waals surface area contributed by atoms with Crippen LogP contribution in [-0.4, -0.2) is 344 Å². The number of ether oxygens (including phenoxy) is 15. The molecule has 3 aliphatic rings. The van der Waals surface area contributed by atoms with Crippen LogP contribution in [0.15, 0.2) is 0 Å². The van der Waals surface area contributed by atoms with Crippen LogP contribution >= 0.6 is 24.7 Å². The third-order valence-electron chi connectivity index (χ3n) is 13.3. The van der Waals surface area contributed by atoms with E-state index < -0.39 is 135 Å². The molecule has 560 valence electrons. The summed E-state index contributed by atoms with van der Waals surface area (Å²) in [5.41, 5.74) is -0.815. The van der Waals surface area contributed by atoms with Gasteiger partial charge in [-0.15, -0.1) is 0 Å².